The third kappa shape index (κ3) is 6.44. The summed E-state index contributed by atoms with van der Waals surface area (Å²) in [7, 11) is 4.01. The van der Waals surface area contributed by atoms with Crippen LogP contribution in [0.15, 0.2) is 41.8 Å². The third-order valence-corrected chi connectivity index (χ3v) is 5.19. The monoisotopic (exact) mass is 393 g/mol. The van der Waals surface area contributed by atoms with Crippen LogP contribution in [0.4, 0.5) is 0 Å². The van der Waals surface area contributed by atoms with Crippen molar-refractivity contribution in [2.45, 2.75) is 18.9 Å². The molecular formula is C19H24ClN3O2S. The van der Waals surface area contributed by atoms with Gasteiger partial charge in [-0.15, -0.1) is 11.3 Å². The van der Waals surface area contributed by atoms with E-state index in [4.69, 9.17) is 11.6 Å². The molecule has 0 aliphatic carbocycles. The van der Waals surface area contributed by atoms with Crippen LogP contribution in [0.3, 0.4) is 0 Å². The van der Waals surface area contributed by atoms with E-state index in [2.05, 4.69) is 21.6 Å². The summed E-state index contributed by atoms with van der Waals surface area (Å²) < 4.78 is 0. The summed E-state index contributed by atoms with van der Waals surface area (Å²) in [6.07, 6.45) is 0.974. The molecule has 0 saturated heterocycles. The number of thiophene rings is 1. The van der Waals surface area contributed by atoms with Crippen molar-refractivity contribution in [1.29, 1.82) is 0 Å². The first kappa shape index (κ1) is 20.4. The lowest BCUT2D eigenvalue weighted by molar-refractivity contribution is -0.121. The number of likely N-dealkylation sites (N-methyl/N-ethyl adjacent to an activating group) is 1. The van der Waals surface area contributed by atoms with Crippen molar-refractivity contribution in [2.24, 2.45) is 0 Å². The Balaban J connectivity index is 1.67. The fourth-order valence-electron chi connectivity index (χ4n) is 2.47. The zero-order chi connectivity index (χ0) is 18.9. The number of hydrogen-bond donors (Lipinski definition) is 2. The van der Waals surface area contributed by atoms with E-state index < -0.39 is 0 Å². The molecule has 0 spiro atoms. The number of hydrogen-bond acceptors (Lipinski definition) is 4. The average Bonchev–Trinajstić information content (AvgIpc) is 3.13. The fourth-order valence-corrected chi connectivity index (χ4v) is 3.52. The first-order chi connectivity index (χ1) is 12.5. The SMILES string of the molecule is CN(C)C(CNC(=O)CCCNC(=O)c1ccc(Cl)cc1)c1cccs1. The van der Waals surface area contributed by atoms with E-state index in [9.17, 15) is 9.59 Å². The third-order valence-electron chi connectivity index (χ3n) is 3.96. The average molecular weight is 394 g/mol. The summed E-state index contributed by atoms with van der Waals surface area (Å²) in [6.45, 7) is 1.03. The molecule has 0 aliphatic heterocycles. The quantitative estimate of drug-likeness (QED) is 0.642. The molecule has 26 heavy (non-hydrogen) atoms. The van der Waals surface area contributed by atoms with Gasteiger partial charge in [0.25, 0.3) is 5.91 Å². The molecule has 7 heteroatoms. The second-order valence-corrected chi connectivity index (χ2v) is 7.58. The fraction of sp³-hybridized carbons (Fsp3) is 0.368. The Morgan fingerprint density at radius 3 is 2.50 bits per heavy atom. The molecule has 140 valence electrons. The minimum absolute atomic E-state index is 0.00542. The Morgan fingerprint density at radius 1 is 1.15 bits per heavy atom. The second kappa shape index (κ2) is 10.3. The summed E-state index contributed by atoms with van der Waals surface area (Å²) in [4.78, 5) is 27.3. The summed E-state index contributed by atoms with van der Waals surface area (Å²) >= 11 is 7.49. The van der Waals surface area contributed by atoms with Gasteiger partial charge in [0.1, 0.15) is 0 Å². The molecule has 0 aliphatic rings. The van der Waals surface area contributed by atoms with Crippen molar-refractivity contribution in [3.05, 3.63) is 57.2 Å². The van der Waals surface area contributed by atoms with Crippen molar-refractivity contribution in [2.75, 3.05) is 27.2 Å². The first-order valence-electron chi connectivity index (χ1n) is 8.47. The van der Waals surface area contributed by atoms with Gasteiger partial charge in [-0.2, -0.15) is 0 Å². The van der Waals surface area contributed by atoms with E-state index >= 15 is 0 Å². The smallest absolute Gasteiger partial charge is 0.251 e. The molecule has 0 saturated carbocycles. The van der Waals surface area contributed by atoms with Gasteiger partial charge >= 0.3 is 0 Å². The summed E-state index contributed by atoms with van der Waals surface area (Å²) in [6, 6.07) is 11.0. The lowest BCUT2D eigenvalue weighted by Crippen LogP contribution is -2.34. The van der Waals surface area contributed by atoms with E-state index in [1.165, 1.54) is 4.88 Å². The Kier molecular flexibility index (Phi) is 8.09. The minimum Gasteiger partial charge on any atom is -0.354 e. The highest BCUT2D eigenvalue weighted by atomic mass is 35.5. The molecule has 1 aromatic carbocycles. The molecule has 5 nitrogen and oxygen atoms in total. The summed E-state index contributed by atoms with van der Waals surface area (Å²) in [5, 5.41) is 8.42. The van der Waals surface area contributed by atoms with E-state index in [1.54, 1.807) is 35.6 Å². The van der Waals surface area contributed by atoms with Gasteiger partial charge in [-0.1, -0.05) is 17.7 Å². The topological polar surface area (TPSA) is 61.4 Å². The molecule has 1 aromatic heterocycles. The molecular weight excluding hydrogens is 370 g/mol. The van der Waals surface area contributed by atoms with Gasteiger partial charge < -0.3 is 15.5 Å². The van der Waals surface area contributed by atoms with Crippen LogP contribution >= 0.6 is 22.9 Å². The van der Waals surface area contributed by atoms with Crippen LogP contribution in [-0.4, -0.2) is 43.9 Å². The van der Waals surface area contributed by atoms with Crippen molar-refractivity contribution in [3.63, 3.8) is 0 Å². The number of amides is 2. The molecule has 0 fully saturated rings. The van der Waals surface area contributed by atoms with Crippen LogP contribution in [0, 0.1) is 0 Å². The predicted molar refractivity (Wildman–Crippen MR) is 107 cm³/mol. The van der Waals surface area contributed by atoms with Gasteiger partial charge in [-0.25, -0.2) is 0 Å². The van der Waals surface area contributed by atoms with E-state index in [0.717, 1.165) is 0 Å². The van der Waals surface area contributed by atoms with E-state index in [1.807, 2.05) is 25.5 Å². The number of carbonyl (C=O) groups excluding carboxylic acids is 2. The number of nitrogens with zero attached hydrogens (tertiary/aromatic N) is 1. The molecule has 1 atom stereocenters. The van der Waals surface area contributed by atoms with Crippen LogP contribution < -0.4 is 10.6 Å². The molecule has 2 aromatic rings. The Hall–Kier alpha value is -1.89. The van der Waals surface area contributed by atoms with Gasteiger partial charge in [0.15, 0.2) is 0 Å². The lowest BCUT2D eigenvalue weighted by Gasteiger charge is -2.23. The van der Waals surface area contributed by atoms with Gasteiger partial charge in [-0.05, 0) is 56.2 Å². The van der Waals surface area contributed by atoms with Crippen LogP contribution in [0.25, 0.3) is 0 Å². The number of halogens is 1. The van der Waals surface area contributed by atoms with E-state index in [0.29, 0.717) is 36.5 Å². The number of carbonyl (C=O) groups is 2. The maximum absolute atomic E-state index is 12.0. The van der Waals surface area contributed by atoms with Crippen LogP contribution in [0.1, 0.15) is 34.1 Å². The Bertz CT molecular complexity index is 702. The molecule has 1 unspecified atom stereocenters. The molecule has 2 amide bonds. The molecule has 2 N–H and O–H groups in total. The van der Waals surface area contributed by atoms with Crippen molar-refractivity contribution in [1.82, 2.24) is 15.5 Å². The Labute approximate surface area is 163 Å². The summed E-state index contributed by atoms with van der Waals surface area (Å²) in [5.74, 6) is -0.165. The highest BCUT2D eigenvalue weighted by molar-refractivity contribution is 7.10. The van der Waals surface area contributed by atoms with Gasteiger partial charge in [-0.3, -0.25) is 9.59 Å². The van der Waals surface area contributed by atoms with Crippen molar-refractivity contribution < 1.29 is 9.59 Å². The zero-order valence-corrected chi connectivity index (χ0v) is 16.6. The number of nitrogens with one attached hydrogen (secondary N) is 2. The molecule has 0 bridgehead atoms. The molecule has 2 rings (SSSR count). The number of benzene rings is 1. The Morgan fingerprint density at radius 2 is 1.88 bits per heavy atom. The maximum Gasteiger partial charge on any atom is 0.251 e. The van der Waals surface area contributed by atoms with Crippen molar-refractivity contribution >= 4 is 34.8 Å². The highest BCUT2D eigenvalue weighted by Crippen LogP contribution is 2.22. The van der Waals surface area contributed by atoms with Gasteiger partial charge in [0.05, 0.1) is 6.04 Å². The standard InChI is InChI=1S/C19H24ClN3O2S/c1-23(2)16(17-5-4-12-26-17)13-22-18(24)6-3-11-21-19(25)14-7-9-15(20)10-8-14/h4-5,7-10,12,16H,3,6,11,13H2,1-2H3,(H,21,25)(H,22,24). The molecule has 0 radical (unpaired) electrons. The van der Waals surface area contributed by atoms with Crippen molar-refractivity contribution in [3.8, 4) is 0 Å². The predicted octanol–water partition coefficient (Wildman–Crippen LogP) is 3.33. The lowest BCUT2D eigenvalue weighted by atomic mass is 10.2. The maximum atomic E-state index is 12.0. The number of rotatable bonds is 9. The van der Waals surface area contributed by atoms with Crippen LogP contribution in [0.2, 0.25) is 5.02 Å². The van der Waals surface area contributed by atoms with Gasteiger partial charge in [0, 0.05) is 35.0 Å². The second-order valence-electron chi connectivity index (χ2n) is 6.17. The van der Waals surface area contributed by atoms with Gasteiger partial charge in [0.2, 0.25) is 5.91 Å². The van der Waals surface area contributed by atoms with E-state index in [-0.39, 0.29) is 17.9 Å². The molecule has 1 heterocycles. The largest absolute Gasteiger partial charge is 0.354 e. The zero-order valence-electron chi connectivity index (χ0n) is 15.0. The minimum atomic E-state index is -0.160. The van der Waals surface area contributed by atoms with Crippen LogP contribution in [0.5, 0.6) is 0 Å². The highest BCUT2D eigenvalue weighted by Gasteiger charge is 2.16. The summed E-state index contributed by atoms with van der Waals surface area (Å²) in [5.41, 5.74) is 0.559. The first-order valence-corrected chi connectivity index (χ1v) is 9.73. The normalized spacial score (nSPS) is 12.0. The van der Waals surface area contributed by atoms with Crippen LogP contribution in [-0.2, 0) is 4.79 Å².